The first-order chi connectivity index (χ1) is 7.31. The van der Waals surface area contributed by atoms with Crippen LogP contribution in [-0.2, 0) is 4.74 Å². The fourth-order valence-electron chi connectivity index (χ4n) is 1.66. The lowest BCUT2D eigenvalue weighted by atomic mass is 10.4. The standard InChI is InChI=1S/C11H17N3O/c1-15-8-7-14(9-5-6-9)11-4-2-3-10(12)13-11/h2-4,9H,5-8H2,1H3,(H2,12,13). The van der Waals surface area contributed by atoms with E-state index in [2.05, 4.69) is 9.88 Å². The van der Waals surface area contributed by atoms with Crippen LogP contribution in [0.5, 0.6) is 0 Å². The van der Waals surface area contributed by atoms with Gasteiger partial charge in [0, 0.05) is 19.7 Å². The third kappa shape index (κ3) is 2.59. The van der Waals surface area contributed by atoms with Crippen molar-refractivity contribution in [2.24, 2.45) is 0 Å². The number of methoxy groups -OCH3 is 1. The molecule has 1 aromatic heterocycles. The van der Waals surface area contributed by atoms with Crippen molar-refractivity contribution >= 4 is 11.6 Å². The Morgan fingerprint density at radius 1 is 1.53 bits per heavy atom. The van der Waals surface area contributed by atoms with Gasteiger partial charge in [-0.1, -0.05) is 6.07 Å². The molecular formula is C11H17N3O. The molecule has 0 spiro atoms. The van der Waals surface area contributed by atoms with Gasteiger partial charge in [0.2, 0.25) is 0 Å². The third-order valence-corrected chi connectivity index (χ3v) is 2.57. The first kappa shape index (κ1) is 10.2. The SMILES string of the molecule is COCCN(c1cccc(N)n1)C1CC1. The van der Waals surface area contributed by atoms with E-state index in [1.54, 1.807) is 7.11 Å². The summed E-state index contributed by atoms with van der Waals surface area (Å²) in [4.78, 5) is 6.61. The summed E-state index contributed by atoms with van der Waals surface area (Å²) in [5.74, 6) is 1.55. The Labute approximate surface area is 90.0 Å². The summed E-state index contributed by atoms with van der Waals surface area (Å²) in [5.41, 5.74) is 5.68. The molecule has 0 aliphatic heterocycles. The first-order valence-corrected chi connectivity index (χ1v) is 5.29. The maximum atomic E-state index is 5.68. The van der Waals surface area contributed by atoms with Crippen LogP contribution in [0.25, 0.3) is 0 Å². The van der Waals surface area contributed by atoms with E-state index in [4.69, 9.17) is 10.5 Å². The summed E-state index contributed by atoms with van der Waals surface area (Å²) in [6.45, 7) is 1.62. The van der Waals surface area contributed by atoms with Crippen LogP contribution < -0.4 is 10.6 Å². The van der Waals surface area contributed by atoms with Gasteiger partial charge in [-0.2, -0.15) is 0 Å². The second kappa shape index (κ2) is 4.49. The van der Waals surface area contributed by atoms with Gasteiger partial charge in [0.1, 0.15) is 11.6 Å². The van der Waals surface area contributed by atoms with Crippen LogP contribution in [0.4, 0.5) is 11.6 Å². The van der Waals surface area contributed by atoms with E-state index in [1.807, 2.05) is 18.2 Å². The Hall–Kier alpha value is -1.29. The van der Waals surface area contributed by atoms with Crippen LogP contribution in [0.15, 0.2) is 18.2 Å². The lowest BCUT2D eigenvalue weighted by Gasteiger charge is -2.23. The summed E-state index contributed by atoms with van der Waals surface area (Å²) in [5, 5.41) is 0. The summed E-state index contributed by atoms with van der Waals surface area (Å²) < 4.78 is 5.10. The molecule has 0 unspecified atom stereocenters. The molecule has 1 aromatic rings. The fourth-order valence-corrected chi connectivity index (χ4v) is 1.66. The summed E-state index contributed by atoms with van der Waals surface area (Å²) in [7, 11) is 1.72. The molecule has 1 heterocycles. The molecule has 0 saturated heterocycles. The molecule has 0 radical (unpaired) electrons. The minimum absolute atomic E-state index is 0.579. The molecule has 0 bridgehead atoms. The summed E-state index contributed by atoms with van der Waals surface area (Å²) >= 11 is 0. The zero-order valence-electron chi connectivity index (χ0n) is 9.02. The van der Waals surface area contributed by atoms with E-state index in [-0.39, 0.29) is 0 Å². The lowest BCUT2D eigenvalue weighted by Crippen LogP contribution is -2.30. The number of hydrogen-bond donors (Lipinski definition) is 1. The molecular weight excluding hydrogens is 190 g/mol. The van der Waals surface area contributed by atoms with Crippen molar-refractivity contribution in [1.29, 1.82) is 0 Å². The zero-order chi connectivity index (χ0) is 10.7. The zero-order valence-corrected chi connectivity index (χ0v) is 9.02. The Morgan fingerprint density at radius 2 is 2.33 bits per heavy atom. The normalized spacial score (nSPS) is 15.3. The van der Waals surface area contributed by atoms with E-state index in [0.717, 1.165) is 19.0 Å². The topological polar surface area (TPSA) is 51.4 Å². The smallest absolute Gasteiger partial charge is 0.131 e. The van der Waals surface area contributed by atoms with Gasteiger partial charge in [-0.3, -0.25) is 0 Å². The van der Waals surface area contributed by atoms with Crippen LogP contribution in [0.3, 0.4) is 0 Å². The third-order valence-electron chi connectivity index (χ3n) is 2.57. The molecule has 1 aliphatic rings. The highest BCUT2D eigenvalue weighted by molar-refractivity contribution is 5.46. The second-order valence-electron chi connectivity index (χ2n) is 3.84. The molecule has 2 rings (SSSR count). The number of ether oxygens (including phenoxy) is 1. The maximum absolute atomic E-state index is 5.68. The molecule has 0 atom stereocenters. The highest BCUT2D eigenvalue weighted by Crippen LogP contribution is 2.30. The van der Waals surface area contributed by atoms with Gasteiger partial charge < -0.3 is 15.4 Å². The molecule has 4 nitrogen and oxygen atoms in total. The Kier molecular flexibility index (Phi) is 3.06. The number of nitrogen functional groups attached to an aromatic ring is 1. The van der Waals surface area contributed by atoms with E-state index >= 15 is 0 Å². The molecule has 0 aromatic carbocycles. The molecule has 82 valence electrons. The molecule has 4 heteroatoms. The average Bonchev–Trinajstić information content (AvgIpc) is 3.03. The summed E-state index contributed by atoms with van der Waals surface area (Å²) in [6, 6.07) is 6.39. The Bertz CT molecular complexity index is 325. The predicted molar refractivity (Wildman–Crippen MR) is 60.9 cm³/mol. The van der Waals surface area contributed by atoms with Crippen molar-refractivity contribution in [3.63, 3.8) is 0 Å². The minimum Gasteiger partial charge on any atom is -0.384 e. The molecule has 2 N–H and O–H groups in total. The number of aromatic nitrogens is 1. The van der Waals surface area contributed by atoms with E-state index in [0.29, 0.717) is 11.9 Å². The van der Waals surface area contributed by atoms with E-state index in [9.17, 15) is 0 Å². The Balaban J connectivity index is 2.09. The largest absolute Gasteiger partial charge is 0.384 e. The highest BCUT2D eigenvalue weighted by atomic mass is 16.5. The van der Waals surface area contributed by atoms with Gasteiger partial charge >= 0.3 is 0 Å². The fraction of sp³-hybridized carbons (Fsp3) is 0.545. The van der Waals surface area contributed by atoms with Gasteiger partial charge in [-0.05, 0) is 25.0 Å². The van der Waals surface area contributed by atoms with Crippen molar-refractivity contribution in [3.8, 4) is 0 Å². The van der Waals surface area contributed by atoms with Crippen molar-refractivity contribution in [1.82, 2.24) is 4.98 Å². The second-order valence-corrected chi connectivity index (χ2v) is 3.84. The molecule has 1 fully saturated rings. The van der Waals surface area contributed by atoms with Gasteiger partial charge in [-0.15, -0.1) is 0 Å². The highest BCUT2D eigenvalue weighted by Gasteiger charge is 2.29. The average molecular weight is 207 g/mol. The number of anilines is 2. The number of nitrogens with zero attached hydrogens (tertiary/aromatic N) is 2. The summed E-state index contributed by atoms with van der Waals surface area (Å²) in [6.07, 6.45) is 2.50. The van der Waals surface area contributed by atoms with Crippen molar-refractivity contribution in [2.75, 3.05) is 30.9 Å². The first-order valence-electron chi connectivity index (χ1n) is 5.29. The van der Waals surface area contributed by atoms with Crippen LogP contribution in [0, 0.1) is 0 Å². The molecule has 15 heavy (non-hydrogen) atoms. The van der Waals surface area contributed by atoms with Crippen molar-refractivity contribution in [2.45, 2.75) is 18.9 Å². The number of hydrogen-bond acceptors (Lipinski definition) is 4. The van der Waals surface area contributed by atoms with Crippen LogP contribution in [-0.4, -0.2) is 31.3 Å². The van der Waals surface area contributed by atoms with Crippen molar-refractivity contribution in [3.05, 3.63) is 18.2 Å². The van der Waals surface area contributed by atoms with Crippen LogP contribution in [0.2, 0.25) is 0 Å². The van der Waals surface area contributed by atoms with E-state index in [1.165, 1.54) is 12.8 Å². The number of nitrogens with two attached hydrogens (primary N) is 1. The lowest BCUT2D eigenvalue weighted by molar-refractivity contribution is 0.204. The predicted octanol–water partition coefficient (Wildman–Crippen LogP) is 1.28. The molecule has 1 aliphatic carbocycles. The quantitative estimate of drug-likeness (QED) is 0.790. The molecule has 1 saturated carbocycles. The van der Waals surface area contributed by atoms with Gasteiger partial charge in [0.25, 0.3) is 0 Å². The van der Waals surface area contributed by atoms with Crippen molar-refractivity contribution < 1.29 is 4.74 Å². The monoisotopic (exact) mass is 207 g/mol. The van der Waals surface area contributed by atoms with Crippen LogP contribution >= 0.6 is 0 Å². The number of pyridine rings is 1. The minimum atomic E-state index is 0.579. The molecule has 0 amide bonds. The Morgan fingerprint density at radius 3 is 2.93 bits per heavy atom. The van der Waals surface area contributed by atoms with Gasteiger partial charge in [-0.25, -0.2) is 4.98 Å². The van der Waals surface area contributed by atoms with Crippen LogP contribution in [0.1, 0.15) is 12.8 Å². The van der Waals surface area contributed by atoms with E-state index < -0.39 is 0 Å². The van der Waals surface area contributed by atoms with Gasteiger partial charge in [0.05, 0.1) is 6.61 Å². The number of rotatable bonds is 5. The van der Waals surface area contributed by atoms with Gasteiger partial charge in [0.15, 0.2) is 0 Å². The maximum Gasteiger partial charge on any atom is 0.131 e.